The Morgan fingerprint density at radius 1 is 1.19 bits per heavy atom. The summed E-state index contributed by atoms with van der Waals surface area (Å²) >= 11 is 0. The number of nitrogens with one attached hydrogen (secondary N) is 1. The topological polar surface area (TPSA) is 85.6 Å². The fraction of sp³-hybridized carbons (Fsp3) is 0.333. The second kappa shape index (κ2) is 9.06. The third kappa shape index (κ3) is 5.22. The van der Waals surface area contributed by atoms with Gasteiger partial charge >= 0.3 is 6.09 Å². The van der Waals surface area contributed by atoms with E-state index in [1.807, 2.05) is 48.5 Å². The quantitative estimate of drug-likeness (QED) is 0.731. The Hall–Kier alpha value is -3.04. The van der Waals surface area contributed by atoms with Crippen LogP contribution in [0.15, 0.2) is 48.5 Å². The van der Waals surface area contributed by atoms with Crippen molar-refractivity contribution in [3.63, 3.8) is 0 Å². The number of nitrogens with zero attached hydrogens (tertiary/aromatic N) is 2. The molecule has 1 amide bonds. The lowest BCUT2D eigenvalue weighted by atomic mass is 10.0. The van der Waals surface area contributed by atoms with Crippen LogP contribution in [0.1, 0.15) is 24.8 Å². The van der Waals surface area contributed by atoms with Crippen LogP contribution in [0.5, 0.6) is 5.75 Å². The van der Waals surface area contributed by atoms with E-state index in [9.17, 15) is 4.79 Å². The van der Waals surface area contributed by atoms with Gasteiger partial charge in [-0.2, -0.15) is 5.26 Å². The molecule has 1 unspecified atom stereocenters. The zero-order chi connectivity index (χ0) is 19.1. The maximum atomic E-state index is 10.8. The fourth-order valence-electron chi connectivity index (χ4n) is 3.34. The first-order chi connectivity index (χ1) is 13.2. The first-order valence-electron chi connectivity index (χ1n) is 9.12. The maximum absolute atomic E-state index is 10.8. The van der Waals surface area contributed by atoms with Gasteiger partial charge in [-0.3, -0.25) is 4.90 Å². The van der Waals surface area contributed by atoms with E-state index in [2.05, 4.69) is 16.3 Å². The number of rotatable bonds is 7. The molecule has 6 nitrogen and oxygen atoms in total. The van der Waals surface area contributed by atoms with Gasteiger partial charge in [0.05, 0.1) is 24.4 Å². The third-order valence-corrected chi connectivity index (χ3v) is 4.71. The van der Waals surface area contributed by atoms with Crippen LogP contribution in [0.3, 0.4) is 0 Å². The number of ether oxygens (including phenoxy) is 1. The molecule has 1 aliphatic rings. The maximum Gasteiger partial charge on any atom is 0.405 e. The van der Waals surface area contributed by atoms with E-state index < -0.39 is 6.09 Å². The number of carboxylic acid groups (broad SMARTS) is 1. The van der Waals surface area contributed by atoms with Crippen molar-refractivity contribution in [2.45, 2.75) is 25.4 Å². The molecular weight excluding hydrogens is 342 g/mol. The normalized spacial score (nSPS) is 16.6. The number of amides is 1. The number of carbonyl (C=O) groups is 1. The highest BCUT2D eigenvalue weighted by atomic mass is 16.5. The van der Waals surface area contributed by atoms with E-state index in [4.69, 9.17) is 15.1 Å². The Bertz CT molecular complexity index is 797. The van der Waals surface area contributed by atoms with Crippen molar-refractivity contribution < 1.29 is 14.6 Å². The molecule has 0 radical (unpaired) electrons. The number of hydrogen-bond donors (Lipinski definition) is 2. The van der Waals surface area contributed by atoms with Crippen molar-refractivity contribution in [3.8, 4) is 22.9 Å². The Balaban J connectivity index is 1.45. The zero-order valence-corrected chi connectivity index (χ0v) is 15.1. The van der Waals surface area contributed by atoms with Crippen molar-refractivity contribution in [2.24, 2.45) is 0 Å². The Morgan fingerprint density at radius 2 is 1.85 bits per heavy atom. The molecule has 2 aromatic rings. The molecule has 1 heterocycles. The molecule has 0 aliphatic carbocycles. The van der Waals surface area contributed by atoms with Gasteiger partial charge in [-0.15, -0.1) is 0 Å². The minimum Gasteiger partial charge on any atom is -0.494 e. The van der Waals surface area contributed by atoms with Gasteiger partial charge < -0.3 is 15.2 Å². The predicted molar refractivity (Wildman–Crippen MR) is 102 cm³/mol. The van der Waals surface area contributed by atoms with Crippen molar-refractivity contribution in [1.82, 2.24) is 10.2 Å². The molecule has 0 spiro atoms. The van der Waals surface area contributed by atoms with Crippen LogP contribution in [-0.2, 0) is 0 Å². The molecule has 2 aromatic carbocycles. The third-order valence-electron chi connectivity index (χ3n) is 4.71. The molecule has 27 heavy (non-hydrogen) atoms. The van der Waals surface area contributed by atoms with Gasteiger partial charge in [0.1, 0.15) is 5.75 Å². The predicted octanol–water partition coefficient (Wildman–Crippen LogP) is 3.68. The van der Waals surface area contributed by atoms with Crippen LogP contribution in [0.25, 0.3) is 11.1 Å². The van der Waals surface area contributed by atoms with Crippen molar-refractivity contribution >= 4 is 6.09 Å². The Kier molecular flexibility index (Phi) is 6.29. The summed E-state index contributed by atoms with van der Waals surface area (Å²) in [5.74, 6) is 0.814. The van der Waals surface area contributed by atoms with Gasteiger partial charge in [-0.25, -0.2) is 4.79 Å². The smallest absolute Gasteiger partial charge is 0.405 e. The van der Waals surface area contributed by atoms with Gasteiger partial charge in [0.25, 0.3) is 0 Å². The summed E-state index contributed by atoms with van der Waals surface area (Å²) in [6, 6.07) is 17.5. The summed E-state index contributed by atoms with van der Waals surface area (Å²) in [7, 11) is 0. The van der Waals surface area contributed by atoms with Crippen LogP contribution in [0.2, 0.25) is 0 Å². The monoisotopic (exact) mass is 365 g/mol. The fourth-order valence-corrected chi connectivity index (χ4v) is 3.34. The van der Waals surface area contributed by atoms with Crippen molar-refractivity contribution in [3.05, 3.63) is 54.1 Å². The summed E-state index contributed by atoms with van der Waals surface area (Å²) in [5.41, 5.74) is 2.79. The number of benzene rings is 2. The number of likely N-dealkylation sites (tertiary alicyclic amines) is 1. The van der Waals surface area contributed by atoms with Crippen molar-refractivity contribution in [2.75, 3.05) is 19.7 Å². The van der Waals surface area contributed by atoms with Crippen LogP contribution >= 0.6 is 0 Å². The molecule has 0 aromatic heterocycles. The molecule has 1 saturated heterocycles. The van der Waals surface area contributed by atoms with Gasteiger partial charge in [-0.1, -0.05) is 24.3 Å². The SMILES string of the molecule is N#Cc1ccc(-c2ccc(OCCCN3CCCC3NC(=O)O)cc2)cc1. The molecule has 3 rings (SSSR count). The van der Waals surface area contributed by atoms with Crippen LogP contribution in [0.4, 0.5) is 4.79 Å². The molecule has 1 fully saturated rings. The Labute approximate surface area is 159 Å². The standard InChI is InChI=1S/C21H23N3O3/c22-15-16-4-6-17(7-5-16)18-8-10-19(11-9-18)27-14-2-13-24-12-1-3-20(24)23-21(25)26/h4-11,20,23H,1-3,12-14H2,(H,25,26). The second-order valence-corrected chi connectivity index (χ2v) is 6.56. The Morgan fingerprint density at radius 3 is 2.48 bits per heavy atom. The van der Waals surface area contributed by atoms with E-state index in [1.54, 1.807) is 0 Å². The highest BCUT2D eigenvalue weighted by molar-refractivity contribution is 5.65. The van der Waals surface area contributed by atoms with Crippen LogP contribution in [-0.4, -0.2) is 42.0 Å². The lowest BCUT2D eigenvalue weighted by molar-refractivity contribution is 0.160. The zero-order valence-electron chi connectivity index (χ0n) is 15.1. The molecule has 0 saturated carbocycles. The molecule has 6 heteroatoms. The van der Waals surface area contributed by atoms with E-state index in [0.717, 1.165) is 49.2 Å². The van der Waals surface area contributed by atoms with Gasteiger partial charge in [0.15, 0.2) is 0 Å². The highest BCUT2D eigenvalue weighted by Crippen LogP contribution is 2.23. The molecule has 1 aliphatic heterocycles. The second-order valence-electron chi connectivity index (χ2n) is 6.56. The van der Waals surface area contributed by atoms with E-state index >= 15 is 0 Å². The van der Waals surface area contributed by atoms with E-state index in [0.29, 0.717) is 12.2 Å². The molecule has 140 valence electrons. The first-order valence-corrected chi connectivity index (χ1v) is 9.12. The average molecular weight is 365 g/mol. The highest BCUT2D eigenvalue weighted by Gasteiger charge is 2.25. The van der Waals surface area contributed by atoms with E-state index in [-0.39, 0.29) is 6.17 Å². The largest absolute Gasteiger partial charge is 0.494 e. The molecule has 0 bridgehead atoms. The van der Waals surface area contributed by atoms with Gasteiger partial charge in [-0.05, 0) is 54.7 Å². The summed E-state index contributed by atoms with van der Waals surface area (Å²) in [4.78, 5) is 13.0. The molecule has 2 N–H and O–H groups in total. The lowest BCUT2D eigenvalue weighted by Crippen LogP contribution is -2.44. The molecule has 1 atom stereocenters. The minimum atomic E-state index is -0.967. The lowest BCUT2D eigenvalue weighted by Gasteiger charge is -2.23. The summed E-state index contributed by atoms with van der Waals surface area (Å²) < 4.78 is 5.80. The number of nitriles is 1. The van der Waals surface area contributed by atoms with Crippen LogP contribution < -0.4 is 10.1 Å². The molecular formula is C21H23N3O3. The summed E-state index contributed by atoms with van der Waals surface area (Å²) in [6.45, 7) is 2.32. The first kappa shape index (κ1) is 18.7. The van der Waals surface area contributed by atoms with Crippen LogP contribution in [0, 0.1) is 11.3 Å². The minimum absolute atomic E-state index is 0.0748. The van der Waals surface area contributed by atoms with Crippen molar-refractivity contribution in [1.29, 1.82) is 5.26 Å². The average Bonchev–Trinajstić information content (AvgIpc) is 3.12. The van der Waals surface area contributed by atoms with Gasteiger partial charge in [0, 0.05) is 13.1 Å². The summed E-state index contributed by atoms with van der Waals surface area (Å²) in [5, 5.41) is 20.3. The van der Waals surface area contributed by atoms with E-state index in [1.165, 1.54) is 0 Å². The van der Waals surface area contributed by atoms with Gasteiger partial charge in [0.2, 0.25) is 0 Å². The number of hydrogen-bond acceptors (Lipinski definition) is 4. The summed E-state index contributed by atoms with van der Waals surface area (Å²) in [6.07, 6.45) is 1.68.